The number of primary sulfonamides is 1. The number of nitrogens with one attached hydrogen (secondary N) is 1. The molecule has 19 heavy (non-hydrogen) atoms. The molecule has 1 aromatic carbocycles. The lowest BCUT2D eigenvalue weighted by Crippen LogP contribution is -2.51. The number of sulfonamides is 1. The lowest BCUT2D eigenvalue weighted by Gasteiger charge is -2.39. The second kappa shape index (κ2) is 4.61. The standard InChI is InChI=1S/C13H18N2O3S/c1-9-4-5-10(19(14,17)18)8-11(9)12(16)15-13(2)6-3-7-13/h4-5,8H,3,6-7H2,1-2H3,(H,15,16)(H2,14,17,18). The summed E-state index contributed by atoms with van der Waals surface area (Å²) >= 11 is 0. The predicted octanol–water partition coefficient (Wildman–Crippen LogP) is 1.31. The highest BCUT2D eigenvalue weighted by atomic mass is 32.2. The minimum atomic E-state index is -3.79. The van der Waals surface area contributed by atoms with Crippen molar-refractivity contribution in [2.45, 2.75) is 43.5 Å². The van der Waals surface area contributed by atoms with Gasteiger partial charge >= 0.3 is 0 Å². The first-order valence-corrected chi connectivity index (χ1v) is 7.72. The first kappa shape index (κ1) is 14.0. The number of amides is 1. The van der Waals surface area contributed by atoms with Gasteiger partial charge in [-0.25, -0.2) is 13.6 Å². The molecule has 0 atom stereocenters. The minimum absolute atomic E-state index is 0.0398. The van der Waals surface area contributed by atoms with E-state index in [9.17, 15) is 13.2 Å². The molecule has 0 bridgehead atoms. The average Bonchev–Trinajstić information content (AvgIpc) is 2.25. The van der Waals surface area contributed by atoms with E-state index in [1.165, 1.54) is 12.1 Å². The van der Waals surface area contributed by atoms with Crippen molar-refractivity contribution < 1.29 is 13.2 Å². The number of nitrogens with two attached hydrogens (primary N) is 1. The molecule has 1 saturated carbocycles. The van der Waals surface area contributed by atoms with E-state index in [0.717, 1.165) is 24.8 Å². The van der Waals surface area contributed by atoms with E-state index in [2.05, 4.69) is 5.32 Å². The van der Waals surface area contributed by atoms with E-state index >= 15 is 0 Å². The first-order valence-electron chi connectivity index (χ1n) is 6.17. The zero-order valence-corrected chi connectivity index (χ0v) is 11.9. The SMILES string of the molecule is Cc1ccc(S(N)(=O)=O)cc1C(=O)NC1(C)CCC1. The van der Waals surface area contributed by atoms with E-state index in [1.807, 2.05) is 6.92 Å². The summed E-state index contributed by atoms with van der Waals surface area (Å²) in [5.74, 6) is -0.245. The quantitative estimate of drug-likeness (QED) is 0.876. The molecule has 3 N–H and O–H groups in total. The topological polar surface area (TPSA) is 89.3 Å². The Kier molecular flexibility index (Phi) is 3.40. The Hall–Kier alpha value is -1.40. The summed E-state index contributed by atoms with van der Waals surface area (Å²) in [6.45, 7) is 3.76. The second-order valence-corrected chi connectivity index (χ2v) is 6.95. The summed E-state index contributed by atoms with van der Waals surface area (Å²) in [7, 11) is -3.79. The number of aryl methyl sites for hydroxylation is 1. The monoisotopic (exact) mass is 282 g/mol. The van der Waals surface area contributed by atoms with Crippen LogP contribution in [0.15, 0.2) is 23.1 Å². The molecular weight excluding hydrogens is 264 g/mol. The maximum atomic E-state index is 12.2. The zero-order valence-electron chi connectivity index (χ0n) is 11.1. The van der Waals surface area contributed by atoms with Gasteiger partial charge < -0.3 is 5.32 Å². The molecule has 6 heteroatoms. The van der Waals surface area contributed by atoms with Gasteiger partial charge in [-0.2, -0.15) is 0 Å². The molecule has 1 aliphatic carbocycles. The molecule has 5 nitrogen and oxygen atoms in total. The number of benzene rings is 1. The third-order valence-electron chi connectivity index (χ3n) is 3.65. The van der Waals surface area contributed by atoms with Crippen LogP contribution >= 0.6 is 0 Å². The number of hydrogen-bond acceptors (Lipinski definition) is 3. The molecule has 104 valence electrons. The minimum Gasteiger partial charge on any atom is -0.347 e. The summed E-state index contributed by atoms with van der Waals surface area (Å²) < 4.78 is 22.6. The normalized spacial score (nSPS) is 17.6. The van der Waals surface area contributed by atoms with Gasteiger partial charge in [0.25, 0.3) is 5.91 Å². The van der Waals surface area contributed by atoms with Crippen LogP contribution in [0.5, 0.6) is 0 Å². The number of carbonyl (C=O) groups is 1. The van der Waals surface area contributed by atoms with E-state index in [1.54, 1.807) is 13.0 Å². The zero-order chi connectivity index (χ0) is 14.3. The molecule has 0 radical (unpaired) electrons. The summed E-state index contributed by atoms with van der Waals surface area (Å²) in [5.41, 5.74) is 0.925. The van der Waals surface area contributed by atoms with Gasteiger partial charge in [0, 0.05) is 11.1 Å². The lowest BCUT2D eigenvalue weighted by molar-refractivity contribution is 0.0849. The van der Waals surface area contributed by atoms with Crippen LogP contribution in [-0.2, 0) is 10.0 Å². The molecule has 0 aromatic heterocycles. The van der Waals surface area contributed by atoms with Gasteiger partial charge in [-0.05, 0) is 50.8 Å². The van der Waals surface area contributed by atoms with Crippen molar-refractivity contribution in [2.75, 3.05) is 0 Å². The van der Waals surface area contributed by atoms with Crippen LogP contribution in [0, 0.1) is 6.92 Å². The third-order valence-corrected chi connectivity index (χ3v) is 4.57. The van der Waals surface area contributed by atoms with Crippen molar-refractivity contribution in [3.8, 4) is 0 Å². The number of hydrogen-bond donors (Lipinski definition) is 2. The summed E-state index contributed by atoms with van der Waals surface area (Å²) in [4.78, 5) is 12.2. The maximum Gasteiger partial charge on any atom is 0.252 e. The van der Waals surface area contributed by atoms with Gasteiger partial charge in [-0.3, -0.25) is 4.79 Å². The molecule has 1 aliphatic rings. The summed E-state index contributed by atoms with van der Waals surface area (Å²) in [6.07, 6.45) is 3.01. The van der Waals surface area contributed by atoms with Gasteiger partial charge in [-0.1, -0.05) is 6.07 Å². The van der Waals surface area contributed by atoms with Crippen molar-refractivity contribution in [3.05, 3.63) is 29.3 Å². The van der Waals surface area contributed by atoms with E-state index in [0.29, 0.717) is 5.56 Å². The average molecular weight is 282 g/mol. The Labute approximate surface area is 113 Å². The van der Waals surface area contributed by atoms with Crippen LogP contribution < -0.4 is 10.5 Å². The number of carbonyl (C=O) groups excluding carboxylic acids is 1. The molecule has 1 fully saturated rings. The molecule has 2 rings (SSSR count). The van der Waals surface area contributed by atoms with Crippen LogP contribution in [-0.4, -0.2) is 19.9 Å². The molecular formula is C13H18N2O3S. The summed E-state index contributed by atoms with van der Waals surface area (Å²) in [6, 6.07) is 4.34. The molecule has 0 saturated heterocycles. The largest absolute Gasteiger partial charge is 0.347 e. The van der Waals surface area contributed by atoms with Gasteiger partial charge in [0.2, 0.25) is 10.0 Å². The van der Waals surface area contributed by atoms with Crippen LogP contribution in [0.3, 0.4) is 0 Å². The summed E-state index contributed by atoms with van der Waals surface area (Å²) in [5, 5.41) is 8.03. The molecule has 0 heterocycles. The fraction of sp³-hybridized carbons (Fsp3) is 0.462. The Bertz CT molecular complexity index is 619. The lowest BCUT2D eigenvalue weighted by atomic mass is 9.78. The smallest absolute Gasteiger partial charge is 0.252 e. The molecule has 0 unspecified atom stereocenters. The van der Waals surface area contributed by atoms with Crippen molar-refractivity contribution in [1.29, 1.82) is 0 Å². The van der Waals surface area contributed by atoms with Crippen molar-refractivity contribution in [3.63, 3.8) is 0 Å². The Balaban J connectivity index is 2.30. The Morgan fingerprint density at radius 1 is 1.37 bits per heavy atom. The van der Waals surface area contributed by atoms with Crippen LogP contribution in [0.4, 0.5) is 0 Å². The Morgan fingerprint density at radius 3 is 2.47 bits per heavy atom. The van der Waals surface area contributed by atoms with Crippen LogP contribution in [0.25, 0.3) is 0 Å². The second-order valence-electron chi connectivity index (χ2n) is 5.39. The molecule has 0 spiro atoms. The molecule has 1 aromatic rings. The number of rotatable bonds is 3. The van der Waals surface area contributed by atoms with E-state index in [-0.39, 0.29) is 16.3 Å². The van der Waals surface area contributed by atoms with E-state index in [4.69, 9.17) is 5.14 Å². The first-order chi connectivity index (χ1) is 8.71. The van der Waals surface area contributed by atoms with Crippen LogP contribution in [0.1, 0.15) is 42.1 Å². The predicted molar refractivity (Wildman–Crippen MR) is 72.3 cm³/mol. The highest BCUT2D eigenvalue weighted by molar-refractivity contribution is 7.89. The van der Waals surface area contributed by atoms with Crippen LogP contribution in [0.2, 0.25) is 0 Å². The molecule has 0 aliphatic heterocycles. The third kappa shape index (κ3) is 2.96. The maximum absolute atomic E-state index is 12.2. The van der Waals surface area contributed by atoms with Crippen molar-refractivity contribution in [2.24, 2.45) is 5.14 Å². The fourth-order valence-electron chi connectivity index (χ4n) is 2.20. The van der Waals surface area contributed by atoms with Gasteiger partial charge in [0.1, 0.15) is 0 Å². The Morgan fingerprint density at radius 2 is 2.00 bits per heavy atom. The fourth-order valence-corrected chi connectivity index (χ4v) is 2.74. The van der Waals surface area contributed by atoms with Gasteiger partial charge in [0.15, 0.2) is 0 Å². The van der Waals surface area contributed by atoms with E-state index < -0.39 is 10.0 Å². The highest BCUT2D eigenvalue weighted by Crippen LogP contribution is 2.31. The van der Waals surface area contributed by atoms with Gasteiger partial charge in [0.05, 0.1) is 4.90 Å². The van der Waals surface area contributed by atoms with Crippen molar-refractivity contribution >= 4 is 15.9 Å². The molecule has 1 amide bonds. The van der Waals surface area contributed by atoms with Crippen molar-refractivity contribution in [1.82, 2.24) is 5.32 Å². The van der Waals surface area contributed by atoms with Gasteiger partial charge in [-0.15, -0.1) is 0 Å². The highest BCUT2D eigenvalue weighted by Gasteiger charge is 2.33.